The molecule has 6 heteroatoms. The van der Waals surface area contributed by atoms with Crippen LogP contribution in [0.4, 0.5) is 0 Å². The third-order valence-corrected chi connectivity index (χ3v) is 5.13. The first-order valence-electron chi connectivity index (χ1n) is 9.26. The summed E-state index contributed by atoms with van der Waals surface area (Å²) in [6, 6.07) is 11.8. The van der Waals surface area contributed by atoms with Crippen molar-refractivity contribution in [3.63, 3.8) is 0 Å². The van der Waals surface area contributed by atoms with Gasteiger partial charge in [0.25, 0.3) is 0 Å². The fraction of sp³-hybridized carbons (Fsp3) is 0.182. The van der Waals surface area contributed by atoms with E-state index in [1.165, 1.54) is 11.1 Å². The molecule has 4 aromatic rings. The summed E-state index contributed by atoms with van der Waals surface area (Å²) in [4.78, 5) is 21.9. The maximum absolute atomic E-state index is 12.7. The molecule has 138 valence electrons. The molecule has 0 aliphatic carbocycles. The topological polar surface area (TPSA) is 72.7 Å². The molecule has 0 unspecified atom stereocenters. The van der Waals surface area contributed by atoms with Gasteiger partial charge in [0.05, 0.1) is 29.5 Å². The Balaban J connectivity index is 1.43. The smallest absolute Gasteiger partial charge is 0.168 e. The molecule has 1 N–H and O–H groups in total. The van der Waals surface area contributed by atoms with Crippen molar-refractivity contribution in [2.24, 2.45) is 7.05 Å². The van der Waals surface area contributed by atoms with Gasteiger partial charge in [0, 0.05) is 49.0 Å². The van der Waals surface area contributed by atoms with E-state index in [2.05, 4.69) is 15.4 Å². The van der Waals surface area contributed by atoms with Gasteiger partial charge >= 0.3 is 0 Å². The standard InChI is InChI=1S/C22H19N5O/c1-27-13-18(12-25-27)20-5-4-16-11-24-19(7-21(16)26-20)8-22(28)14-2-3-15-9-23-10-17(15)6-14/h2-7,11-13,23H,8-10H2,1H3. The van der Waals surface area contributed by atoms with E-state index < -0.39 is 0 Å². The van der Waals surface area contributed by atoms with Crippen LogP contribution in [0.15, 0.2) is 55.0 Å². The number of aromatic nitrogens is 4. The number of benzene rings is 1. The molecule has 0 saturated heterocycles. The number of fused-ring (bicyclic) bond motifs is 2. The summed E-state index contributed by atoms with van der Waals surface area (Å²) in [6.45, 7) is 1.70. The van der Waals surface area contributed by atoms with Gasteiger partial charge in [-0.3, -0.25) is 14.5 Å². The number of carbonyl (C=O) groups excluding carboxylic acids is 1. The number of rotatable bonds is 4. The van der Waals surface area contributed by atoms with Crippen LogP contribution in [0.1, 0.15) is 27.2 Å². The number of nitrogens with zero attached hydrogens (tertiary/aromatic N) is 4. The Bertz CT molecular complexity index is 1210. The van der Waals surface area contributed by atoms with E-state index in [1.54, 1.807) is 17.1 Å². The first-order valence-corrected chi connectivity index (χ1v) is 9.26. The van der Waals surface area contributed by atoms with Crippen LogP contribution in [-0.4, -0.2) is 25.5 Å². The van der Waals surface area contributed by atoms with Crippen LogP contribution >= 0.6 is 0 Å². The highest BCUT2D eigenvalue weighted by Crippen LogP contribution is 2.22. The molecule has 0 radical (unpaired) electrons. The number of pyridine rings is 2. The van der Waals surface area contributed by atoms with Crippen molar-refractivity contribution in [3.8, 4) is 11.3 Å². The van der Waals surface area contributed by atoms with Crippen LogP contribution in [0.25, 0.3) is 22.2 Å². The van der Waals surface area contributed by atoms with Crippen LogP contribution in [0.2, 0.25) is 0 Å². The minimum atomic E-state index is 0.0740. The Morgan fingerprint density at radius 3 is 2.86 bits per heavy atom. The molecule has 0 amide bonds. The van der Waals surface area contributed by atoms with E-state index in [9.17, 15) is 4.79 Å². The Kier molecular flexibility index (Phi) is 3.98. The zero-order chi connectivity index (χ0) is 19.1. The SMILES string of the molecule is Cn1cc(-c2ccc3cnc(CC(=O)c4ccc5c(c4)CNC5)cc3n2)cn1. The van der Waals surface area contributed by atoms with Crippen molar-refractivity contribution in [1.29, 1.82) is 0 Å². The molecule has 5 rings (SSSR count). The first kappa shape index (κ1) is 16.8. The predicted molar refractivity (Wildman–Crippen MR) is 107 cm³/mol. The zero-order valence-electron chi connectivity index (χ0n) is 15.5. The Morgan fingerprint density at radius 1 is 1.11 bits per heavy atom. The summed E-state index contributed by atoms with van der Waals surface area (Å²) in [5, 5.41) is 8.46. The molecule has 1 aromatic carbocycles. The van der Waals surface area contributed by atoms with E-state index in [4.69, 9.17) is 4.98 Å². The first-order chi connectivity index (χ1) is 13.7. The van der Waals surface area contributed by atoms with Crippen LogP contribution in [0.5, 0.6) is 0 Å². The highest BCUT2D eigenvalue weighted by Gasteiger charge is 2.15. The molecule has 1 aliphatic rings. The van der Waals surface area contributed by atoms with Gasteiger partial charge in [0.15, 0.2) is 5.78 Å². The fourth-order valence-corrected chi connectivity index (χ4v) is 3.60. The Morgan fingerprint density at radius 2 is 2.00 bits per heavy atom. The largest absolute Gasteiger partial charge is 0.309 e. The number of Topliss-reactive ketones (excluding diaryl/α,β-unsaturated/α-hetero) is 1. The van der Waals surface area contributed by atoms with Crippen molar-refractivity contribution in [2.45, 2.75) is 19.5 Å². The molecule has 0 spiro atoms. The molecular formula is C22H19N5O. The average Bonchev–Trinajstić information content (AvgIpc) is 3.35. The molecule has 0 bridgehead atoms. The van der Waals surface area contributed by atoms with Crippen molar-refractivity contribution in [3.05, 3.63) is 77.4 Å². The lowest BCUT2D eigenvalue weighted by Crippen LogP contribution is -2.06. The Labute approximate surface area is 162 Å². The fourth-order valence-electron chi connectivity index (χ4n) is 3.60. The number of aryl methyl sites for hydroxylation is 1. The van der Waals surface area contributed by atoms with E-state index in [0.717, 1.165) is 46.5 Å². The molecule has 0 saturated carbocycles. The predicted octanol–water partition coefficient (Wildman–Crippen LogP) is 3.06. The molecular weight excluding hydrogens is 350 g/mol. The lowest BCUT2D eigenvalue weighted by atomic mass is 10.0. The van der Waals surface area contributed by atoms with E-state index >= 15 is 0 Å². The third kappa shape index (κ3) is 3.08. The summed E-state index contributed by atoms with van der Waals surface area (Å²) in [6.07, 6.45) is 5.77. The number of nitrogens with one attached hydrogen (secondary N) is 1. The number of ketones is 1. The van der Waals surface area contributed by atoms with Crippen molar-refractivity contribution in [2.75, 3.05) is 0 Å². The van der Waals surface area contributed by atoms with Gasteiger partial charge in [0.2, 0.25) is 0 Å². The van der Waals surface area contributed by atoms with E-state index in [0.29, 0.717) is 0 Å². The molecule has 3 aromatic heterocycles. The minimum absolute atomic E-state index is 0.0740. The molecule has 0 atom stereocenters. The van der Waals surface area contributed by atoms with Gasteiger partial charge < -0.3 is 5.32 Å². The summed E-state index contributed by atoms with van der Waals surface area (Å²) in [5.41, 5.74) is 6.60. The van der Waals surface area contributed by atoms with Crippen LogP contribution < -0.4 is 5.32 Å². The van der Waals surface area contributed by atoms with Crippen molar-refractivity contribution < 1.29 is 4.79 Å². The highest BCUT2D eigenvalue weighted by atomic mass is 16.1. The van der Waals surface area contributed by atoms with E-state index in [1.807, 2.05) is 49.6 Å². The van der Waals surface area contributed by atoms with Gasteiger partial charge in [-0.15, -0.1) is 0 Å². The van der Waals surface area contributed by atoms with Gasteiger partial charge in [0.1, 0.15) is 0 Å². The van der Waals surface area contributed by atoms with Crippen LogP contribution in [0, 0.1) is 0 Å². The lowest BCUT2D eigenvalue weighted by molar-refractivity contribution is 0.0992. The van der Waals surface area contributed by atoms with Gasteiger partial charge in [-0.1, -0.05) is 12.1 Å². The van der Waals surface area contributed by atoms with Crippen molar-refractivity contribution in [1.82, 2.24) is 25.1 Å². The summed E-state index contributed by atoms with van der Waals surface area (Å²) in [5.74, 6) is 0.0740. The monoisotopic (exact) mass is 369 g/mol. The average molecular weight is 369 g/mol. The second kappa shape index (κ2) is 6.65. The van der Waals surface area contributed by atoms with Gasteiger partial charge in [-0.25, -0.2) is 4.98 Å². The maximum atomic E-state index is 12.7. The van der Waals surface area contributed by atoms with Crippen LogP contribution in [-0.2, 0) is 26.6 Å². The van der Waals surface area contributed by atoms with E-state index in [-0.39, 0.29) is 12.2 Å². The van der Waals surface area contributed by atoms with Gasteiger partial charge in [-0.05, 0) is 35.4 Å². The second-order valence-electron chi connectivity index (χ2n) is 7.15. The molecule has 0 fully saturated rings. The second-order valence-corrected chi connectivity index (χ2v) is 7.15. The highest BCUT2D eigenvalue weighted by molar-refractivity contribution is 5.98. The lowest BCUT2D eigenvalue weighted by Gasteiger charge is -2.06. The van der Waals surface area contributed by atoms with Gasteiger partial charge in [-0.2, -0.15) is 5.10 Å². The number of hydrogen-bond donors (Lipinski definition) is 1. The summed E-state index contributed by atoms with van der Waals surface area (Å²) in [7, 11) is 1.88. The summed E-state index contributed by atoms with van der Waals surface area (Å²) >= 11 is 0. The molecule has 6 nitrogen and oxygen atoms in total. The normalized spacial score (nSPS) is 13.0. The molecule has 4 heterocycles. The number of carbonyl (C=O) groups is 1. The molecule has 1 aliphatic heterocycles. The minimum Gasteiger partial charge on any atom is -0.309 e. The van der Waals surface area contributed by atoms with Crippen molar-refractivity contribution >= 4 is 16.7 Å². The summed E-state index contributed by atoms with van der Waals surface area (Å²) < 4.78 is 1.75. The Hall–Kier alpha value is -3.38. The maximum Gasteiger partial charge on any atom is 0.168 e. The molecule has 28 heavy (non-hydrogen) atoms. The third-order valence-electron chi connectivity index (χ3n) is 5.13. The number of hydrogen-bond acceptors (Lipinski definition) is 5. The quantitative estimate of drug-likeness (QED) is 0.560. The van der Waals surface area contributed by atoms with Crippen LogP contribution in [0.3, 0.4) is 0 Å². The zero-order valence-corrected chi connectivity index (χ0v) is 15.5.